The maximum Gasteiger partial charge on any atom is 0.211 e. The molecule has 17 heavy (non-hydrogen) atoms. The second-order valence-electron chi connectivity index (χ2n) is 4.54. The second-order valence-corrected chi connectivity index (χ2v) is 6.47. The molecule has 0 aliphatic rings. The van der Waals surface area contributed by atoms with Crippen LogP contribution in [-0.2, 0) is 10.0 Å². The molecule has 0 radical (unpaired) electrons. The van der Waals surface area contributed by atoms with Crippen LogP contribution >= 0.6 is 0 Å². The number of nitrogens with one attached hydrogen (secondary N) is 2. The summed E-state index contributed by atoms with van der Waals surface area (Å²) in [5, 5.41) is 2.95. The SMILES string of the molecule is CCCCC(CC)CNS(=O)(=O)CCCNC. The molecule has 0 aliphatic carbocycles. The van der Waals surface area contributed by atoms with Crippen LogP contribution in [0.2, 0.25) is 0 Å². The molecule has 0 aromatic heterocycles. The van der Waals surface area contributed by atoms with Crippen LogP contribution in [0.4, 0.5) is 0 Å². The molecule has 0 spiro atoms. The minimum absolute atomic E-state index is 0.220. The van der Waals surface area contributed by atoms with Gasteiger partial charge in [0.1, 0.15) is 0 Å². The molecule has 104 valence electrons. The molecule has 0 fully saturated rings. The van der Waals surface area contributed by atoms with E-state index in [9.17, 15) is 8.42 Å². The molecule has 5 heteroatoms. The van der Waals surface area contributed by atoms with Gasteiger partial charge in [0.15, 0.2) is 0 Å². The van der Waals surface area contributed by atoms with E-state index in [4.69, 9.17) is 0 Å². The van der Waals surface area contributed by atoms with Crippen LogP contribution in [0.3, 0.4) is 0 Å². The molecule has 0 aromatic carbocycles. The summed E-state index contributed by atoms with van der Waals surface area (Å²) in [6.07, 6.45) is 5.17. The first-order chi connectivity index (χ1) is 8.05. The van der Waals surface area contributed by atoms with E-state index in [1.165, 1.54) is 12.8 Å². The quantitative estimate of drug-likeness (QED) is 0.559. The Balaban J connectivity index is 3.88. The zero-order valence-electron chi connectivity index (χ0n) is 11.5. The standard InChI is InChI=1S/C12H28N2O2S/c1-4-6-8-12(5-2)11-14-17(15,16)10-7-9-13-3/h12-14H,4-11H2,1-3H3. The third-order valence-corrected chi connectivity index (χ3v) is 4.41. The highest BCUT2D eigenvalue weighted by Crippen LogP contribution is 2.11. The number of hydrogen-bond acceptors (Lipinski definition) is 3. The van der Waals surface area contributed by atoms with E-state index in [-0.39, 0.29) is 5.75 Å². The van der Waals surface area contributed by atoms with Gasteiger partial charge in [0.2, 0.25) is 10.0 Å². The highest BCUT2D eigenvalue weighted by atomic mass is 32.2. The van der Waals surface area contributed by atoms with Gasteiger partial charge in [0.05, 0.1) is 5.75 Å². The normalized spacial score (nSPS) is 13.8. The van der Waals surface area contributed by atoms with Gasteiger partial charge in [-0.2, -0.15) is 0 Å². The van der Waals surface area contributed by atoms with Crippen molar-refractivity contribution in [2.24, 2.45) is 5.92 Å². The smallest absolute Gasteiger partial charge is 0.211 e. The largest absolute Gasteiger partial charge is 0.320 e. The predicted molar refractivity (Wildman–Crippen MR) is 73.6 cm³/mol. The lowest BCUT2D eigenvalue weighted by Gasteiger charge is -2.15. The molecule has 0 aromatic rings. The molecule has 1 atom stereocenters. The van der Waals surface area contributed by atoms with E-state index in [1.54, 1.807) is 0 Å². The van der Waals surface area contributed by atoms with E-state index in [1.807, 2.05) is 7.05 Å². The summed E-state index contributed by atoms with van der Waals surface area (Å²) in [5.41, 5.74) is 0. The topological polar surface area (TPSA) is 58.2 Å². The summed E-state index contributed by atoms with van der Waals surface area (Å²) >= 11 is 0. The molecule has 0 amide bonds. The van der Waals surface area contributed by atoms with Crippen LogP contribution < -0.4 is 10.0 Å². The number of hydrogen-bond donors (Lipinski definition) is 2. The number of sulfonamides is 1. The van der Waals surface area contributed by atoms with E-state index in [0.717, 1.165) is 19.4 Å². The Morgan fingerprint density at radius 1 is 1.18 bits per heavy atom. The summed E-state index contributed by atoms with van der Waals surface area (Å²) in [7, 11) is -1.24. The molecule has 2 N–H and O–H groups in total. The molecule has 0 saturated carbocycles. The Hall–Kier alpha value is -0.130. The van der Waals surface area contributed by atoms with Crippen molar-refractivity contribution in [1.82, 2.24) is 10.0 Å². The first-order valence-electron chi connectivity index (χ1n) is 6.67. The van der Waals surface area contributed by atoms with Gasteiger partial charge in [-0.15, -0.1) is 0 Å². The van der Waals surface area contributed by atoms with Gasteiger partial charge in [0, 0.05) is 6.54 Å². The van der Waals surface area contributed by atoms with Crippen LogP contribution in [0.15, 0.2) is 0 Å². The molecule has 0 heterocycles. The zero-order valence-corrected chi connectivity index (χ0v) is 12.3. The molecule has 4 nitrogen and oxygen atoms in total. The highest BCUT2D eigenvalue weighted by molar-refractivity contribution is 7.89. The third-order valence-electron chi connectivity index (χ3n) is 2.98. The summed E-state index contributed by atoms with van der Waals surface area (Å²) in [6.45, 7) is 5.62. The zero-order chi connectivity index (χ0) is 13.1. The van der Waals surface area contributed by atoms with Gasteiger partial charge in [-0.25, -0.2) is 13.1 Å². The summed E-state index contributed by atoms with van der Waals surface area (Å²) in [4.78, 5) is 0. The molecule has 0 bridgehead atoms. The lowest BCUT2D eigenvalue weighted by Crippen LogP contribution is -2.32. The lowest BCUT2D eigenvalue weighted by atomic mass is 10.00. The van der Waals surface area contributed by atoms with Gasteiger partial charge in [-0.05, 0) is 32.4 Å². The van der Waals surface area contributed by atoms with Crippen molar-refractivity contribution in [2.75, 3.05) is 25.9 Å². The van der Waals surface area contributed by atoms with Gasteiger partial charge in [-0.1, -0.05) is 33.1 Å². The summed E-state index contributed by atoms with van der Waals surface area (Å²) < 4.78 is 26.0. The number of unbranched alkanes of at least 4 members (excludes halogenated alkanes) is 1. The Morgan fingerprint density at radius 2 is 1.88 bits per heavy atom. The van der Waals surface area contributed by atoms with Crippen LogP contribution in [0.25, 0.3) is 0 Å². The average molecular weight is 264 g/mol. The predicted octanol–water partition coefficient (Wildman–Crippen LogP) is 1.73. The molecule has 0 saturated heterocycles. The summed E-state index contributed by atoms with van der Waals surface area (Å²) in [5.74, 6) is 0.701. The van der Waals surface area contributed by atoms with Crippen LogP contribution in [0.5, 0.6) is 0 Å². The van der Waals surface area contributed by atoms with Crippen LogP contribution in [0.1, 0.15) is 46.0 Å². The van der Waals surface area contributed by atoms with Gasteiger partial charge >= 0.3 is 0 Å². The third kappa shape index (κ3) is 9.56. The monoisotopic (exact) mass is 264 g/mol. The van der Waals surface area contributed by atoms with E-state index >= 15 is 0 Å². The van der Waals surface area contributed by atoms with Gasteiger partial charge < -0.3 is 5.32 Å². The molecule has 0 rings (SSSR count). The van der Waals surface area contributed by atoms with Crippen LogP contribution in [0, 0.1) is 5.92 Å². The Bertz CT molecular complexity index is 266. The minimum atomic E-state index is -3.07. The Kier molecular flexibility index (Phi) is 9.78. The van der Waals surface area contributed by atoms with Crippen molar-refractivity contribution < 1.29 is 8.42 Å². The first-order valence-corrected chi connectivity index (χ1v) is 8.32. The van der Waals surface area contributed by atoms with E-state index in [0.29, 0.717) is 18.9 Å². The number of rotatable bonds is 11. The van der Waals surface area contributed by atoms with E-state index in [2.05, 4.69) is 23.9 Å². The molecule has 0 aliphatic heterocycles. The Labute approximate surface area is 107 Å². The van der Waals surface area contributed by atoms with Crippen molar-refractivity contribution >= 4 is 10.0 Å². The molecular formula is C12H28N2O2S. The average Bonchev–Trinajstić information content (AvgIpc) is 2.29. The van der Waals surface area contributed by atoms with Crippen molar-refractivity contribution in [3.63, 3.8) is 0 Å². The maximum absolute atomic E-state index is 11.7. The van der Waals surface area contributed by atoms with Gasteiger partial charge in [-0.3, -0.25) is 0 Å². The fourth-order valence-electron chi connectivity index (χ4n) is 1.70. The summed E-state index contributed by atoms with van der Waals surface area (Å²) in [6, 6.07) is 0. The molecular weight excluding hydrogens is 236 g/mol. The van der Waals surface area contributed by atoms with Crippen LogP contribution in [-0.4, -0.2) is 34.3 Å². The van der Waals surface area contributed by atoms with Crippen molar-refractivity contribution in [3.8, 4) is 0 Å². The maximum atomic E-state index is 11.7. The van der Waals surface area contributed by atoms with E-state index < -0.39 is 10.0 Å². The van der Waals surface area contributed by atoms with Gasteiger partial charge in [0.25, 0.3) is 0 Å². The minimum Gasteiger partial charge on any atom is -0.320 e. The second kappa shape index (κ2) is 9.85. The Morgan fingerprint density at radius 3 is 2.41 bits per heavy atom. The highest BCUT2D eigenvalue weighted by Gasteiger charge is 2.12. The van der Waals surface area contributed by atoms with Crippen molar-refractivity contribution in [1.29, 1.82) is 0 Å². The fraction of sp³-hybridized carbons (Fsp3) is 1.00. The molecule has 1 unspecified atom stereocenters. The fourth-order valence-corrected chi connectivity index (χ4v) is 2.86. The van der Waals surface area contributed by atoms with Crippen molar-refractivity contribution in [3.05, 3.63) is 0 Å². The van der Waals surface area contributed by atoms with Crippen molar-refractivity contribution in [2.45, 2.75) is 46.0 Å². The first kappa shape index (κ1) is 16.9. The lowest BCUT2D eigenvalue weighted by molar-refractivity contribution is 0.443.